The number of benzene rings is 1. The van der Waals surface area contributed by atoms with Crippen LogP contribution >= 0.6 is 0 Å². The van der Waals surface area contributed by atoms with E-state index < -0.39 is 0 Å². The lowest BCUT2D eigenvalue weighted by Crippen LogP contribution is -2.40. The van der Waals surface area contributed by atoms with Crippen LogP contribution in [-0.2, 0) is 17.9 Å². The number of pyridine rings is 1. The van der Waals surface area contributed by atoms with E-state index in [-0.39, 0.29) is 0 Å². The van der Waals surface area contributed by atoms with E-state index in [0.29, 0.717) is 19.0 Å². The highest BCUT2D eigenvalue weighted by Crippen LogP contribution is 2.17. The van der Waals surface area contributed by atoms with Gasteiger partial charge in [0, 0.05) is 37.9 Å². The molecule has 1 aliphatic heterocycles. The Balaban J connectivity index is 1.49. The molecule has 7 nitrogen and oxygen atoms in total. The summed E-state index contributed by atoms with van der Waals surface area (Å²) < 4.78 is 11.3. The van der Waals surface area contributed by atoms with Crippen LogP contribution in [0.4, 0.5) is 0 Å². The number of nitrogens with one attached hydrogen (secondary N) is 2. The lowest BCUT2D eigenvalue weighted by Gasteiger charge is -2.26. The molecule has 2 N–H and O–H groups in total. The van der Waals surface area contributed by atoms with Gasteiger partial charge in [-0.3, -0.25) is 4.90 Å². The molecule has 0 unspecified atom stereocenters. The molecule has 7 heteroatoms. The summed E-state index contributed by atoms with van der Waals surface area (Å²) >= 11 is 0. The topological polar surface area (TPSA) is 71.0 Å². The van der Waals surface area contributed by atoms with Gasteiger partial charge >= 0.3 is 0 Å². The Labute approximate surface area is 179 Å². The zero-order valence-corrected chi connectivity index (χ0v) is 17.8. The lowest BCUT2D eigenvalue weighted by atomic mass is 10.2. The van der Waals surface area contributed by atoms with Crippen LogP contribution in [0.2, 0.25) is 0 Å². The number of aromatic nitrogens is 1. The maximum absolute atomic E-state index is 5.94. The molecule has 0 bridgehead atoms. The molecule has 1 aliphatic rings. The molecule has 162 valence electrons. The van der Waals surface area contributed by atoms with Crippen molar-refractivity contribution < 1.29 is 9.47 Å². The van der Waals surface area contributed by atoms with Gasteiger partial charge in [-0.25, -0.2) is 9.98 Å². The van der Waals surface area contributed by atoms with Crippen LogP contribution in [0.1, 0.15) is 24.5 Å². The Hall–Kier alpha value is -2.64. The fraction of sp³-hybridized carbons (Fsp3) is 0.478. The molecule has 30 heavy (non-hydrogen) atoms. The molecule has 0 spiro atoms. The van der Waals surface area contributed by atoms with Gasteiger partial charge in [0.05, 0.1) is 19.8 Å². The van der Waals surface area contributed by atoms with Gasteiger partial charge in [0.1, 0.15) is 6.61 Å². The van der Waals surface area contributed by atoms with Crippen molar-refractivity contribution in [2.45, 2.75) is 26.5 Å². The minimum Gasteiger partial charge on any atom is -0.473 e. The summed E-state index contributed by atoms with van der Waals surface area (Å²) in [7, 11) is 0. The molecule has 0 aliphatic carbocycles. The zero-order chi connectivity index (χ0) is 20.9. The second-order valence-corrected chi connectivity index (χ2v) is 7.17. The molecule has 1 fully saturated rings. The van der Waals surface area contributed by atoms with Crippen molar-refractivity contribution in [3.05, 3.63) is 59.8 Å². The number of aliphatic imine (C=N–C) groups is 1. The molecule has 3 rings (SSSR count). The standard InChI is InChI=1S/C23H33N5O2/c1-2-24-23(26-12-7-13-28-14-16-29-17-15-28)27-18-21-10-6-11-25-22(21)30-19-20-8-4-3-5-9-20/h3-6,8-11H,2,7,12-19H2,1H3,(H2,24,26,27). The molecule has 2 heterocycles. The zero-order valence-electron chi connectivity index (χ0n) is 17.8. The number of hydrogen-bond donors (Lipinski definition) is 2. The number of guanidine groups is 1. The number of ether oxygens (including phenoxy) is 2. The van der Waals surface area contributed by atoms with Crippen LogP contribution in [-0.4, -0.2) is 61.8 Å². The SMILES string of the molecule is CCNC(=NCc1cccnc1OCc1ccccc1)NCCCN1CCOCC1. The summed E-state index contributed by atoms with van der Waals surface area (Å²) in [5.41, 5.74) is 2.09. The van der Waals surface area contributed by atoms with Crippen LogP contribution < -0.4 is 15.4 Å². The molecule has 0 atom stereocenters. The minimum atomic E-state index is 0.494. The van der Waals surface area contributed by atoms with E-state index in [1.54, 1.807) is 6.20 Å². The van der Waals surface area contributed by atoms with E-state index in [0.717, 1.165) is 69.4 Å². The summed E-state index contributed by atoms with van der Waals surface area (Å²) in [6.45, 7) is 9.61. The largest absolute Gasteiger partial charge is 0.473 e. The normalized spacial score (nSPS) is 15.0. The highest BCUT2D eigenvalue weighted by molar-refractivity contribution is 5.79. The van der Waals surface area contributed by atoms with Crippen LogP contribution in [0.15, 0.2) is 53.7 Å². The molecule has 2 aromatic rings. The third-order valence-corrected chi connectivity index (χ3v) is 4.87. The lowest BCUT2D eigenvalue weighted by molar-refractivity contribution is 0.0376. The minimum absolute atomic E-state index is 0.494. The van der Waals surface area contributed by atoms with Crippen LogP contribution in [0.25, 0.3) is 0 Å². The van der Waals surface area contributed by atoms with Gasteiger partial charge in [0.2, 0.25) is 5.88 Å². The van der Waals surface area contributed by atoms with Crippen LogP contribution in [0.3, 0.4) is 0 Å². The highest BCUT2D eigenvalue weighted by Gasteiger charge is 2.09. The van der Waals surface area contributed by atoms with E-state index >= 15 is 0 Å². The molecular formula is C23H33N5O2. The van der Waals surface area contributed by atoms with E-state index in [1.165, 1.54) is 0 Å². The number of hydrogen-bond acceptors (Lipinski definition) is 5. The van der Waals surface area contributed by atoms with Gasteiger partial charge in [-0.05, 0) is 31.5 Å². The summed E-state index contributed by atoms with van der Waals surface area (Å²) in [4.78, 5) is 11.6. The second kappa shape index (κ2) is 12.8. The Bertz CT molecular complexity index is 763. The van der Waals surface area contributed by atoms with Crippen molar-refractivity contribution in [1.82, 2.24) is 20.5 Å². The third kappa shape index (κ3) is 7.65. The number of nitrogens with zero attached hydrogens (tertiary/aromatic N) is 3. The monoisotopic (exact) mass is 411 g/mol. The quantitative estimate of drug-likeness (QED) is 0.356. The van der Waals surface area contributed by atoms with E-state index in [2.05, 4.69) is 27.4 Å². The maximum atomic E-state index is 5.94. The van der Waals surface area contributed by atoms with Gasteiger partial charge in [-0.15, -0.1) is 0 Å². The average molecular weight is 412 g/mol. The van der Waals surface area contributed by atoms with Crippen molar-refractivity contribution >= 4 is 5.96 Å². The smallest absolute Gasteiger partial charge is 0.218 e. The van der Waals surface area contributed by atoms with Crippen LogP contribution in [0, 0.1) is 0 Å². The maximum Gasteiger partial charge on any atom is 0.218 e. The number of morpholine rings is 1. The fourth-order valence-electron chi connectivity index (χ4n) is 3.24. The van der Waals surface area contributed by atoms with Crippen molar-refractivity contribution in [2.75, 3.05) is 45.9 Å². The Kier molecular flexibility index (Phi) is 9.43. The Morgan fingerprint density at radius 3 is 2.77 bits per heavy atom. The molecule has 0 saturated carbocycles. The Morgan fingerprint density at radius 1 is 1.13 bits per heavy atom. The van der Waals surface area contributed by atoms with Gasteiger partial charge in [0.15, 0.2) is 5.96 Å². The van der Waals surface area contributed by atoms with Gasteiger partial charge in [0.25, 0.3) is 0 Å². The first kappa shape index (κ1) is 22.1. The fourth-order valence-corrected chi connectivity index (χ4v) is 3.24. The summed E-state index contributed by atoms with van der Waals surface area (Å²) in [5.74, 6) is 1.45. The molecular weight excluding hydrogens is 378 g/mol. The van der Waals surface area contributed by atoms with Crippen LogP contribution in [0.5, 0.6) is 5.88 Å². The van der Waals surface area contributed by atoms with E-state index in [1.807, 2.05) is 42.5 Å². The number of rotatable bonds is 10. The molecule has 1 aromatic carbocycles. The molecule has 0 amide bonds. The van der Waals surface area contributed by atoms with Gasteiger partial charge in [-0.1, -0.05) is 36.4 Å². The summed E-state index contributed by atoms with van der Waals surface area (Å²) in [5, 5.41) is 6.74. The first-order valence-corrected chi connectivity index (χ1v) is 10.8. The Morgan fingerprint density at radius 2 is 1.97 bits per heavy atom. The first-order chi connectivity index (χ1) is 14.8. The summed E-state index contributed by atoms with van der Waals surface area (Å²) in [6, 6.07) is 14.0. The molecule has 1 saturated heterocycles. The van der Waals surface area contributed by atoms with E-state index in [4.69, 9.17) is 14.5 Å². The van der Waals surface area contributed by atoms with Gasteiger partial charge in [-0.2, -0.15) is 0 Å². The summed E-state index contributed by atoms with van der Waals surface area (Å²) in [6.07, 6.45) is 2.82. The second-order valence-electron chi connectivity index (χ2n) is 7.17. The van der Waals surface area contributed by atoms with Crippen molar-refractivity contribution in [3.8, 4) is 5.88 Å². The predicted molar refractivity (Wildman–Crippen MR) is 120 cm³/mol. The molecule has 0 radical (unpaired) electrons. The van der Waals surface area contributed by atoms with Crippen molar-refractivity contribution in [1.29, 1.82) is 0 Å². The predicted octanol–water partition coefficient (Wildman–Crippen LogP) is 2.44. The highest BCUT2D eigenvalue weighted by atomic mass is 16.5. The first-order valence-electron chi connectivity index (χ1n) is 10.8. The molecule has 1 aromatic heterocycles. The van der Waals surface area contributed by atoms with E-state index in [9.17, 15) is 0 Å². The van der Waals surface area contributed by atoms with Gasteiger partial charge < -0.3 is 20.1 Å². The van der Waals surface area contributed by atoms with Crippen molar-refractivity contribution in [2.24, 2.45) is 4.99 Å². The third-order valence-electron chi connectivity index (χ3n) is 4.87. The van der Waals surface area contributed by atoms with Crippen molar-refractivity contribution in [3.63, 3.8) is 0 Å². The average Bonchev–Trinajstić information content (AvgIpc) is 2.80.